The van der Waals surface area contributed by atoms with Gasteiger partial charge in [0.05, 0.1) is 5.56 Å². The minimum atomic E-state index is -4.77. The Bertz CT molecular complexity index is 1260. The summed E-state index contributed by atoms with van der Waals surface area (Å²) in [4.78, 5) is 15.8. The third kappa shape index (κ3) is 4.14. The number of halogens is 5. The highest BCUT2D eigenvalue weighted by Gasteiger charge is 2.34. The van der Waals surface area contributed by atoms with Crippen molar-refractivity contribution < 1.29 is 26.7 Å². The summed E-state index contributed by atoms with van der Waals surface area (Å²) in [6, 6.07) is 15.1. The van der Waals surface area contributed by atoms with Crippen LogP contribution < -0.4 is 5.32 Å². The predicted octanol–water partition coefficient (Wildman–Crippen LogP) is 6.06. The van der Waals surface area contributed by atoms with E-state index in [1.165, 1.54) is 18.2 Å². The summed E-state index contributed by atoms with van der Waals surface area (Å²) in [6.07, 6.45) is -4.77. The number of aromatic nitrogens is 1. The monoisotopic (exact) mass is 430 g/mol. The van der Waals surface area contributed by atoms with Gasteiger partial charge in [-0.1, -0.05) is 36.4 Å². The van der Waals surface area contributed by atoms with E-state index in [2.05, 4.69) is 10.3 Å². The first-order chi connectivity index (χ1) is 14.7. The van der Waals surface area contributed by atoms with Crippen LogP contribution in [0.5, 0.6) is 0 Å². The highest BCUT2D eigenvalue weighted by molar-refractivity contribution is 6.09. The van der Waals surface area contributed by atoms with E-state index >= 15 is 0 Å². The maximum atomic E-state index is 13.8. The van der Waals surface area contributed by atoms with Crippen molar-refractivity contribution in [3.8, 4) is 11.1 Å². The van der Waals surface area contributed by atoms with Gasteiger partial charge >= 0.3 is 6.18 Å². The maximum absolute atomic E-state index is 13.8. The van der Waals surface area contributed by atoms with E-state index in [9.17, 15) is 26.7 Å². The van der Waals surface area contributed by atoms with Crippen LogP contribution in [0.3, 0.4) is 0 Å². The number of carbonyl (C=O) groups is 1. The molecule has 0 bridgehead atoms. The molecule has 0 radical (unpaired) electrons. The molecule has 0 saturated carbocycles. The van der Waals surface area contributed by atoms with Crippen LogP contribution in [0.25, 0.3) is 22.0 Å². The highest BCUT2D eigenvalue weighted by Crippen LogP contribution is 2.34. The molecule has 0 saturated heterocycles. The lowest BCUT2D eigenvalue weighted by molar-refractivity contribution is -0.138. The van der Waals surface area contributed by atoms with Crippen molar-refractivity contribution in [3.63, 3.8) is 0 Å². The molecule has 0 aliphatic rings. The van der Waals surface area contributed by atoms with Crippen LogP contribution in [0, 0.1) is 11.6 Å². The Hall–Kier alpha value is -3.68. The van der Waals surface area contributed by atoms with Crippen LogP contribution in [0.4, 0.5) is 22.0 Å². The van der Waals surface area contributed by atoms with Gasteiger partial charge in [-0.05, 0) is 41.5 Å². The van der Waals surface area contributed by atoms with Crippen LogP contribution in [-0.2, 0) is 12.7 Å². The van der Waals surface area contributed by atoms with Gasteiger partial charge in [0.25, 0.3) is 5.91 Å². The fourth-order valence-corrected chi connectivity index (χ4v) is 3.47. The number of carbonyl (C=O) groups excluding carboxylic acids is 1. The second kappa shape index (κ2) is 7.86. The summed E-state index contributed by atoms with van der Waals surface area (Å²) in [5, 5.41) is 2.91. The van der Waals surface area contributed by atoms with E-state index < -0.39 is 35.8 Å². The predicted molar refractivity (Wildman–Crippen MR) is 106 cm³/mol. The Morgan fingerprint density at radius 2 is 1.58 bits per heavy atom. The molecule has 1 heterocycles. The molecule has 0 spiro atoms. The van der Waals surface area contributed by atoms with Gasteiger partial charge < -0.3 is 10.3 Å². The maximum Gasteiger partial charge on any atom is 0.416 e. The van der Waals surface area contributed by atoms with E-state index in [-0.39, 0.29) is 11.3 Å². The summed E-state index contributed by atoms with van der Waals surface area (Å²) in [7, 11) is 0. The number of nitrogens with one attached hydrogen (secondary N) is 2. The molecule has 158 valence electrons. The van der Waals surface area contributed by atoms with Gasteiger partial charge in [-0.25, -0.2) is 8.78 Å². The SMILES string of the molecule is O=C(NCc1ccc(F)cc1C(F)(F)F)c1[nH]c2ccc(F)cc2c1-c1ccccc1. The van der Waals surface area contributed by atoms with Crippen molar-refractivity contribution in [2.75, 3.05) is 0 Å². The average molecular weight is 430 g/mol. The Labute approximate surface area is 173 Å². The molecule has 3 nitrogen and oxygen atoms in total. The number of H-pyrrole nitrogens is 1. The molecule has 3 aromatic carbocycles. The quantitative estimate of drug-likeness (QED) is 0.380. The van der Waals surface area contributed by atoms with E-state index in [1.54, 1.807) is 30.3 Å². The second-order valence-corrected chi connectivity index (χ2v) is 6.91. The number of rotatable bonds is 4. The zero-order chi connectivity index (χ0) is 22.2. The topological polar surface area (TPSA) is 44.9 Å². The first kappa shape index (κ1) is 20.6. The largest absolute Gasteiger partial charge is 0.416 e. The van der Waals surface area contributed by atoms with Gasteiger partial charge in [-0.15, -0.1) is 0 Å². The number of aromatic amines is 1. The standard InChI is InChI=1S/C23H15F5N2O/c24-15-8-9-19-17(10-15)20(13-4-2-1-3-5-13)21(30-19)22(31)29-12-14-6-7-16(25)11-18(14)23(26,27)28/h1-11,30H,12H2,(H,29,31). The minimum Gasteiger partial charge on any atom is -0.350 e. The van der Waals surface area contributed by atoms with E-state index in [1.807, 2.05) is 0 Å². The van der Waals surface area contributed by atoms with Crippen molar-refractivity contribution in [1.29, 1.82) is 0 Å². The molecule has 0 atom stereocenters. The first-order valence-electron chi connectivity index (χ1n) is 9.24. The number of fused-ring (bicyclic) bond motifs is 1. The van der Waals surface area contributed by atoms with Gasteiger partial charge in [-0.3, -0.25) is 4.79 Å². The molecular weight excluding hydrogens is 415 g/mol. The van der Waals surface area contributed by atoms with Crippen LogP contribution in [0.2, 0.25) is 0 Å². The molecule has 1 amide bonds. The van der Waals surface area contributed by atoms with Crippen LogP contribution in [0.1, 0.15) is 21.6 Å². The highest BCUT2D eigenvalue weighted by atomic mass is 19.4. The Balaban J connectivity index is 1.71. The molecule has 1 aromatic heterocycles. The summed E-state index contributed by atoms with van der Waals surface area (Å²) in [6.45, 7) is -0.466. The zero-order valence-electron chi connectivity index (χ0n) is 15.9. The summed E-state index contributed by atoms with van der Waals surface area (Å²) >= 11 is 0. The van der Waals surface area contributed by atoms with Crippen molar-refractivity contribution in [1.82, 2.24) is 10.3 Å². The minimum absolute atomic E-state index is 0.0856. The summed E-state index contributed by atoms with van der Waals surface area (Å²) in [5.74, 6) is -2.18. The number of benzene rings is 3. The summed E-state index contributed by atoms with van der Waals surface area (Å²) < 4.78 is 66.8. The normalized spacial score (nSPS) is 11.6. The number of hydrogen-bond acceptors (Lipinski definition) is 1. The van der Waals surface area contributed by atoms with Crippen LogP contribution in [0.15, 0.2) is 66.7 Å². The molecule has 31 heavy (non-hydrogen) atoms. The fraction of sp³-hybridized carbons (Fsp3) is 0.0870. The van der Waals surface area contributed by atoms with E-state index in [0.717, 1.165) is 12.1 Å². The molecule has 0 aliphatic carbocycles. The third-order valence-corrected chi connectivity index (χ3v) is 4.87. The van der Waals surface area contributed by atoms with Gasteiger partial charge in [0.15, 0.2) is 0 Å². The average Bonchev–Trinajstić information content (AvgIpc) is 3.11. The molecule has 0 fully saturated rings. The molecular formula is C23H15F5N2O. The lowest BCUT2D eigenvalue weighted by Gasteiger charge is -2.14. The van der Waals surface area contributed by atoms with E-state index in [0.29, 0.717) is 28.1 Å². The van der Waals surface area contributed by atoms with Gasteiger partial charge in [0, 0.05) is 23.0 Å². The molecule has 4 aromatic rings. The Kier molecular flexibility index (Phi) is 5.22. The third-order valence-electron chi connectivity index (χ3n) is 4.87. The van der Waals surface area contributed by atoms with Crippen molar-refractivity contribution >= 4 is 16.8 Å². The van der Waals surface area contributed by atoms with Gasteiger partial charge in [0.1, 0.15) is 17.3 Å². The molecule has 8 heteroatoms. The smallest absolute Gasteiger partial charge is 0.350 e. The molecule has 4 rings (SSSR count). The summed E-state index contributed by atoms with van der Waals surface area (Å²) in [5.41, 5.74) is 0.233. The number of hydrogen-bond donors (Lipinski definition) is 2. The van der Waals surface area contributed by atoms with Gasteiger partial charge in [0.2, 0.25) is 0 Å². The lowest BCUT2D eigenvalue weighted by atomic mass is 10.0. The van der Waals surface area contributed by atoms with Crippen LogP contribution >= 0.6 is 0 Å². The van der Waals surface area contributed by atoms with Crippen LogP contribution in [-0.4, -0.2) is 10.9 Å². The lowest BCUT2D eigenvalue weighted by Crippen LogP contribution is -2.25. The van der Waals surface area contributed by atoms with E-state index in [4.69, 9.17) is 0 Å². The Morgan fingerprint density at radius 3 is 2.29 bits per heavy atom. The van der Waals surface area contributed by atoms with Crippen molar-refractivity contribution in [3.05, 3.63) is 95.2 Å². The number of alkyl halides is 3. The van der Waals surface area contributed by atoms with Gasteiger partial charge in [-0.2, -0.15) is 13.2 Å². The van der Waals surface area contributed by atoms with Crippen molar-refractivity contribution in [2.24, 2.45) is 0 Å². The van der Waals surface area contributed by atoms with Crippen molar-refractivity contribution in [2.45, 2.75) is 12.7 Å². The molecule has 2 N–H and O–H groups in total. The fourth-order valence-electron chi connectivity index (χ4n) is 3.47. The Morgan fingerprint density at radius 1 is 0.903 bits per heavy atom. The number of amides is 1. The zero-order valence-corrected chi connectivity index (χ0v) is 15.9. The molecule has 0 aliphatic heterocycles. The first-order valence-corrected chi connectivity index (χ1v) is 9.24. The second-order valence-electron chi connectivity index (χ2n) is 6.91. The molecule has 0 unspecified atom stereocenters.